The number of fused-ring (bicyclic) bond motifs is 1. The van der Waals surface area contributed by atoms with Crippen molar-refractivity contribution in [3.05, 3.63) is 48.4 Å². The number of aromatic nitrogens is 1. The van der Waals surface area contributed by atoms with Gasteiger partial charge in [-0.25, -0.2) is 0 Å². The van der Waals surface area contributed by atoms with Crippen LogP contribution < -0.4 is 4.74 Å². The third-order valence-electron chi connectivity index (χ3n) is 2.20. The zero-order valence-corrected chi connectivity index (χ0v) is 8.40. The molecule has 2 rings (SSSR count). The van der Waals surface area contributed by atoms with Gasteiger partial charge in [0.1, 0.15) is 0 Å². The second-order valence-corrected chi connectivity index (χ2v) is 3.17. The monoisotopic (exact) mass is 187 g/mol. The Kier molecular flexibility index (Phi) is 2.27. The highest BCUT2D eigenvalue weighted by molar-refractivity contribution is 5.51. The third-order valence-corrected chi connectivity index (χ3v) is 2.20. The fourth-order valence-corrected chi connectivity index (χ4v) is 1.34. The second kappa shape index (κ2) is 3.58. The molecule has 2 heterocycles. The van der Waals surface area contributed by atoms with Gasteiger partial charge in [-0.1, -0.05) is 6.07 Å². The molecule has 2 aromatic rings. The minimum absolute atomic E-state index is 0.858. The number of hydrogen-bond donors (Lipinski definition) is 0. The van der Waals surface area contributed by atoms with Crippen LogP contribution in [0.2, 0.25) is 0 Å². The lowest BCUT2D eigenvalue weighted by atomic mass is 10.4. The molecule has 0 spiro atoms. The van der Waals surface area contributed by atoms with Crippen molar-refractivity contribution in [2.75, 3.05) is 0 Å². The van der Waals surface area contributed by atoms with Crippen molar-refractivity contribution in [3.8, 4) is 5.88 Å². The van der Waals surface area contributed by atoms with Crippen LogP contribution in [0.25, 0.3) is 5.52 Å². The zero-order valence-electron chi connectivity index (χ0n) is 8.40. The van der Waals surface area contributed by atoms with E-state index in [9.17, 15) is 0 Å². The molecule has 2 nitrogen and oxygen atoms in total. The number of ether oxygens (including phenoxy) is 1. The summed E-state index contributed by atoms with van der Waals surface area (Å²) in [5.74, 6) is 1.77. The molecule has 0 fully saturated rings. The highest BCUT2D eigenvalue weighted by atomic mass is 16.5. The molecular formula is C12H13NO. The second-order valence-electron chi connectivity index (χ2n) is 3.17. The molecule has 0 aliphatic carbocycles. The predicted octanol–water partition coefficient (Wildman–Crippen LogP) is 3.24. The van der Waals surface area contributed by atoms with E-state index in [1.807, 2.05) is 54.8 Å². The van der Waals surface area contributed by atoms with Gasteiger partial charge in [-0.05, 0) is 38.1 Å². The zero-order chi connectivity index (χ0) is 9.97. The summed E-state index contributed by atoms with van der Waals surface area (Å²) < 4.78 is 7.66. The van der Waals surface area contributed by atoms with Gasteiger partial charge in [-0.15, -0.1) is 0 Å². The maximum atomic E-state index is 5.64. The summed E-state index contributed by atoms with van der Waals surface area (Å²) in [7, 11) is 0. The summed E-state index contributed by atoms with van der Waals surface area (Å²) in [4.78, 5) is 0. The van der Waals surface area contributed by atoms with E-state index >= 15 is 0 Å². The van der Waals surface area contributed by atoms with Crippen molar-refractivity contribution >= 4 is 5.52 Å². The van der Waals surface area contributed by atoms with E-state index in [-0.39, 0.29) is 0 Å². The number of rotatable bonds is 2. The standard InChI is InChI=1S/C12H13NO/c1-3-10(2)14-12-8-7-11-6-4-5-9-13(11)12/h3-9H,1-2H3/b10-3+. The first kappa shape index (κ1) is 8.88. The summed E-state index contributed by atoms with van der Waals surface area (Å²) in [6, 6.07) is 10.1. The van der Waals surface area contributed by atoms with Gasteiger partial charge in [0.2, 0.25) is 5.88 Å². The molecule has 2 heteroatoms. The highest BCUT2D eigenvalue weighted by Crippen LogP contribution is 2.18. The molecule has 0 aliphatic rings. The highest BCUT2D eigenvalue weighted by Gasteiger charge is 2.01. The molecule has 0 bridgehead atoms. The van der Waals surface area contributed by atoms with Crippen molar-refractivity contribution in [1.82, 2.24) is 4.40 Å². The van der Waals surface area contributed by atoms with Crippen LogP contribution in [-0.2, 0) is 0 Å². The Hall–Kier alpha value is -1.70. The molecule has 0 saturated carbocycles. The van der Waals surface area contributed by atoms with E-state index in [0.29, 0.717) is 0 Å². The number of nitrogens with zero attached hydrogens (tertiary/aromatic N) is 1. The molecule has 0 radical (unpaired) electrons. The summed E-state index contributed by atoms with van der Waals surface area (Å²) in [5.41, 5.74) is 1.14. The van der Waals surface area contributed by atoms with E-state index in [1.165, 1.54) is 0 Å². The molecule has 0 amide bonds. The minimum Gasteiger partial charge on any atom is -0.445 e. The Morgan fingerprint density at radius 3 is 2.93 bits per heavy atom. The van der Waals surface area contributed by atoms with Gasteiger partial charge >= 0.3 is 0 Å². The average molecular weight is 187 g/mol. The van der Waals surface area contributed by atoms with Gasteiger partial charge in [0.25, 0.3) is 0 Å². The molecule has 0 N–H and O–H groups in total. The normalized spacial score (nSPS) is 12.0. The Labute approximate surface area is 83.4 Å². The van der Waals surface area contributed by atoms with Crippen LogP contribution in [0.5, 0.6) is 5.88 Å². The van der Waals surface area contributed by atoms with Crippen LogP contribution in [0.15, 0.2) is 48.4 Å². The number of hydrogen-bond acceptors (Lipinski definition) is 1. The molecule has 0 unspecified atom stereocenters. The van der Waals surface area contributed by atoms with Crippen LogP contribution in [0.3, 0.4) is 0 Å². The summed E-state index contributed by atoms with van der Waals surface area (Å²) in [6.45, 7) is 3.91. The maximum Gasteiger partial charge on any atom is 0.204 e. The van der Waals surface area contributed by atoms with Crippen LogP contribution in [0, 0.1) is 0 Å². The Morgan fingerprint density at radius 2 is 2.14 bits per heavy atom. The van der Waals surface area contributed by atoms with Crippen molar-refractivity contribution in [3.63, 3.8) is 0 Å². The molecular weight excluding hydrogens is 174 g/mol. The molecule has 2 aromatic heterocycles. The lowest BCUT2D eigenvalue weighted by molar-refractivity contribution is 0.406. The van der Waals surface area contributed by atoms with Gasteiger partial charge in [0.15, 0.2) is 0 Å². The first-order valence-corrected chi connectivity index (χ1v) is 4.68. The summed E-state index contributed by atoms with van der Waals surface area (Å²) in [6.07, 6.45) is 3.94. The Balaban J connectivity index is 2.43. The SMILES string of the molecule is C/C=C(\C)Oc1ccc2ccccn12. The smallest absolute Gasteiger partial charge is 0.204 e. The van der Waals surface area contributed by atoms with Crippen molar-refractivity contribution in [2.24, 2.45) is 0 Å². The third kappa shape index (κ3) is 1.51. The van der Waals surface area contributed by atoms with Gasteiger partial charge in [-0.3, -0.25) is 4.40 Å². The van der Waals surface area contributed by atoms with Crippen LogP contribution >= 0.6 is 0 Å². The van der Waals surface area contributed by atoms with Crippen LogP contribution in [0.4, 0.5) is 0 Å². The van der Waals surface area contributed by atoms with E-state index in [2.05, 4.69) is 6.07 Å². The first-order valence-electron chi connectivity index (χ1n) is 4.68. The Morgan fingerprint density at radius 1 is 1.29 bits per heavy atom. The first-order chi connectivity index (χ1) is 6.81. The average Bonchev–Trinajstić information content (AvgIpc) is 2.62. The van der Waals surface area contributed by atoms with E-state index in [1.54, 1.807) is 0 Å². The van der Waals surface area contributed by atoms with Gasteiger partial charge in [-0.2, -0.15) is 0 Å². The van der Waals surface area contributed by atoms with Crippen LogP contribution in [-0.4, -0.2) is 4.40 Å². The van der Waals surface area contributed by atoms with Crippen molar-refractivity contribution < 1.29 is 4.74 Å². The Bertz CT molecular complexity index is 468. The maximum absolute atomic E-state index is 5.64. The lowest BCUT2D eigenvalue weighted by Gasteiger charge is -2.04. The predicted molar refractivity (Wildman–Crippen MR) is 57.5 cm³/mol. The minimum atomic E-state index is 0.858. The van der Waals surface area contributed by atoms with E-state index in [4.69, 9.17) is 4.74 Å². The van der Waals surface area contributed by atoms with Crippen molar-refractivity contribution in [2.45, 2.75) is 13.8 Å². The number of allylic oxidation sites excluding steroid dienone is 2. The van der Waals surface area contributed by atoms with E-state index in [0.717, 1.165) is 17.2 Å². The summed E-state index contributed by atoms with van der Waals surface area (Å²) in [5, 5.41) is 0. The summed E-state index contributed by atoms with van der Waals surface area (Å²) >= 11 is 0. The van der Waals surface area contributed by atoms with E-state index < -0.39 is 0 Å². The lowest BCUT2D eigenvalue weighted by Crippen LogP contribution is -1.93. The molecule has 0 aromatic carbocycles. The van der Waals surface area contributed by atoms with Gasteiger partial charge in [0, 0.05) is 17.8 Å². The largest absolute Gasteiger partial charge is 0.445 e. The molecule has 0 aliphatic heterocycles. The molecule has 0 atom stereocenters. The number of pyridine rings is 1. The quantitative estimate of drug-likeness (QED) is 0.658. The van der Waals surface area contributed by atoms with Gasteiger partial charge in [0.05, 0.1) is 5.76 Å². The molecule has 72 valence electrons. The van der Waals surface area contributed by atoms with Crippen molar-refractivity contribution in [1.29, 1.82) is 0 Å². The molecule has 14 heavy (non-hydrogen) atoms. The fourth-order valence-electron chi connectivity index (χ4n) is 1.34. The fraction of sp³-hybridized carbons (Fsp3) is 0.167. The molecule has 0 saturated heterocycles. The van der Waals surface area contributed by atoms with Gasteiger partial charge < -0.3 is 4.74 Å². The topological polar surface area (TPSA) is 13.6 Å². The van der Waals surface area contributed by atoms with Crippen LogP contribution in [0.1, 0.15) is 13.8 Å².